The molecule has 0 saturated heterocycles. The van der Waals surface area contributed by atoms with Crippen LogP contribution >= 0.6 is 38.9 Å². The quantitative estimate of drug-likeness (QED) is 0.805. The zero-order valence-corrected chi connectivity index (χ0v) is 12.9. The summed E-state index contributed by atoms with van der Waals surface area (Å²) in [6, 6.07) is 7.00. The number of halogens is 3. The maximum Gasteiger partial charge on any atom is 0.142 e. The van der Waals surface area contributed by atoms with Crippen molar-refractivity contribution in [2.45, 2.75) is 19.5 Å². The normalized spacial score (nSPS) is 12.7. The number of nitrogens with one attached hydrogen (secondary N) is 1. The van der Waals surface area contributed by atoms with Gasteiger partial charge in [0.2, 0.25) is 0 Å². The first-order valence-corrected chi connectivity index (χ1v) is 7.53. The fraction of sp³-hybridized carbons (Fsp3) is 0.231. The van der Waals surface area contributed by atoms with Crippen LogP contribution in [0.4, 0.5) is 4.39 Å². The molecule has 1 N–H and O–H groups in total. The highest BCUT2D eigenvalue weighted by atomic mass is 79.9. The Labute approximate surface area is 123 Å². The van der Waals surface area contributed by atoms with Crippen LogP contribution in [0, 0.1) is 5.82 Å². The minimum Gasteiger partial charge on any atom is -0.305 e. The largest absolute Gasteiger partial charge is 0.305 e. The molecule has 0 fully saturated rings. The van der Waals surface area contributed by atoms with E-state index in [-0.39, 0.29) is 16.9 Å². The molecule has 1 atom stereocenters. The van der Waals surface area contributed by atoms with E-state index in [0.29, 0.717) is 0 Å². The van der Waals surface area contributed by atoms with Gasteiger partial charge in [-0.15, -0.1) is 11.3 Å². The summed E-state index contributed by atoms with van der Waals surface area (Å²) in [5.41, 5.74) is 0.893. The van der Waals surface area contributed by atoms with E-state index in [9.17, 15) is 4.39 Å². The summed E-state index contributed by atoms with van der Waals surface area (Å²) in [7, 11) is 0. The number of hydrogen-bond donors (Lipinski definition) is 1. The lowest BCUT2D eigenvalue weighted by Crippen LogP contribution is -2.17. The summed E-state index contributed by atoms with van der Waals surface area (Å²) in [6.07, 6.45) is 0. The molecular formula is C13H12BrClFNS. The molecule has 18 heavy (non-hydrogen) atoms. The monoisotopic (exact) mass is 347 g/mol. The van der Waals surface area contributed by atoms with Crippen LogP contribution in [-0.2, 0) is 6.54 Å². The van der Waals surface area contributed by atoms with Crippen molar-refractivity contribution in [2.24, 2.45) is 0 Å². The maximum absolute atomic E-state index is 13.4. The Hall–Kier alpha value is -0.420. The first-order valence-electron chi connectivity index (χ1n) is 5.48. The smallest absolute Gasteiger partial charge is 0.142 e. The van der Waals surface area contributed by atoms with Gasteiger partial charge in [-0.3, -0.25) is 0 Å². The van der Waals surface area contributed by atoms with Crippen molar-refractivity contribution in [3.05, 3.63) is 55.4 Å². The summed E-state index contributed by atoms with van der Waals surface area (Å²) in [5.74, 6) is -0.375. The molecule has 0 amide bonds. The molecule has 1 aromatic heterocycles. The molecule has 5 heteroatoms. The van der Waals surface area contributed by atoms with Crippen molar-refractivity contribution in [1.29, 1.82) is 0 Å². The van der Waals surface area contributed by atoms with Crippen molar-refractivity contribution >= 4 is 38.9 Å². The van der Waals surface area contributed by atoms with Gasteiger partial charge in [0.15, 0.2) is 0 Å². The van der Waals surface area contributed by atoms with E-state index in [4.69, 9.17) is 11.6 Å². The molecule has 0 spiro atoms. The van der Waals surface area contributed by atoms with E-state index in [1.54, 1.807) is 17.4 Å². The first kappa shape index (κ1) is 14.0. The molecule has 1 unspecified atom stereocenters. The van der Waals surface area contributed by atoms with E-state index in [2.05, 4.69) is 21.2 Å². The lowest BCUT2D eigenvalue weighted by molar-refractivity contribution is 0.568. The fourth-order valence-corrected chi connectivity index (χ4v) is 3.16. The van der Waals surface area contributed by atoms with Gasteiger partial charge < -0.3 is 5.32 Å². The average Bonchev–Trinajstić information content (AvgIpc) is 2.75. The second kappa shape index (κ2) is 6.15. The molecule has 0 radical (unpaired) electrons. The molecule has 2 rings (SSSR count). The molecule has 0 aliphatic carbocycles. The van der Waals surface area contributed by atoms with E-state index in [0.717, 1.165) is 16.6 Å². The van der Waals surface area contributed by atoms with Crippen LogP contribution in [-0.4, -0.2) is 0 Å². The highest BCUT2D eigenvalue weighted by Crippen LogP contribution is 2.24. The van der Waals surface area contributed by atoms with Crippen LogP contribution in [0.2, 0.25) is 5.02 Å². The van der Waals surface area contributed by atoms with E-state index < -0.39 is 0 Å². The van der Waals surface area contributed by atoms with Gasteiger partial charge in [0, 0.05) is 21.9 Å². The van der Waals surface area contributed by atoms with Crippen molar-refractivity contribution in [3.63, 3.8) is 0 Å². The lowest BCUT2D eigenvalue weighted by atomic mass is 10.1. The van der Waals surface area contributed by atoms with Crippen LogP contribution in [0.15, 0.2) is 34.1 Å². The summed E-state index contributed by atoms with van der Waals surface area (Å²) in [4.78, 5) is 1.23. The predicted molar refractivity (Wildman–Crippen MR) is 78.7 cm³/mol. The molecule has 96 valence electrons. The second-order valence-electron chi connectivity index (χ2n) is 3.97. The van der Waals surface area contributed by atoms with Crippen molar-refractivity contribution < 1.29 is 4.39 Å². The lowest BCUT2D eigenvalue weighted by Gasteiger charge is -2.14. The van der Waals surface area contributed by atoms with Gasteiger partial charge >= 0.3 is 0 Å². The molecule has 1 heterocycles. The van der Waals surface area contributed by atoms with Crippen LogP contribution in [0.25, 0.3) is 0 Å². The number of hydrogen-bond acceptors (Lipinski definition) is 2. The number of rotatable bonds is 4. The van der Waals surface area contributed by atoms with Gasteiger partial charge in [0.05, 0.1) is 5.02 Å². The van der Waals surface area contributed by atoms with Gasteiger partial charge in [0.1, 0.15) is 5.82 Å². The number of thiophene rings is 1. The molecule has 0 aliphatic heterocycles. The van der Waals surface area contributed by atoms with E-state index in [1.807, 2.05) is 24.4 Å². The van der Waals surface area contributed by atoms with Gasteiger partial charge in [-0.1, -0.05) is 17.7 Å². The third-order valence-electron chi connectivity index (χ3n) is 2.70. The molecule has 0 saturated carbocycles. The second-order valence-corrected chi connectivity index (χ2v) is 6.23. The van der Waals surface area contributed by atoms with Crippen LogP contribution < -0.4 is 5.32 Å². The predicted octanol–water partition coefficient (Wildman–Crippen LogP) is 5.15. The zero-order chi connectivity index (χ0) is 13.1. The molecule has 0 aliphatic rings. The van der Waals surface area contributed by atoms with Gasteiger partial charge in [-0.2, -0.15) is 0 Å². The Kier molecular flexibility index (Phi) is 4.78. The summed E-state index contributed by atoms with van der Waals surface area (Å²) in [5, 5.41) is 5.55. The standard InChI is InChI=1S/C13H12BrClFNS/c1-8(9-2-3-11(15)12(16)6-9)17-7-13-10(14)4-5-18-13/h2-6,8,17H,7H2,1H3. The Morgan fingerprint density at radius 1 is 1.44 bits per heavy atom. The fourth-order valence-electron chi connectivity index (χ4n) is 1.60. The SMILES string of the molecule is CC(NCc1sccc1Br)c1ccc(Cl)c(F)c1. The highest BCUT2D eigenvalue weighted by molar-refractivity contribution is 9.10. The highest BCUT2D eigenvalue weighted by Gasteiger charge is 2.09. The Morgan fingerprint density at radius 3 is 2.83 bits per heavy atom. The molecule has 2 aromatic rings. The average molecular weight is 349 g/mol. The third kappa shape index (κ3) is 3.32. The molecule has 1 nitrogen and oxygen atoms in total. The first-order chi connectivity index (χ1) is 8.58. The summed E-state index contributed by atoms with van der Waals surface area (Å²) < 4.78 is 14.5. The van der Waals surface area contributed by atoms with E-state index in [1.165, 1.54) is 10.9 Å². The van der Waals surface area contributed by atoms with E-state index >= 15 is 0 Å². The van der Waals surface area contributed by atoms with Gasteiger partial charge in [0.25, 0.3) is 0 Å². The van der Waals surface area contributed by atoms with Crippen molar-refractivity contribution in [1.82, 2.24) is 5.32 Å². The van der Waals surface area contributed by atoms with Crippen LogP contribution in [0.1, 0.15) is 23.4 Å². The Bertz CT molecular complexity index is 544. The minimum absolute atomic E-state index is 0.0748. The minimum atomic E-state index is -0.375. The van der Waals surface area contributed by atoms with Gasteiger partial charge in [-0.25, -0.2) is 4.39 Å². The van der Waals surface area contributed by atoms with Crippen molar-refractivity contribution in [2.75, 3.05) is 0 Å². The Balaban J connectivity index is 2.01. The topological polar surface area (TPSA) is 12.0 Å². The molecule has 1 aromatic carbocycles. The summed E-state index contributed by atoms with van der Waals surface area (Å²) >= 11 is 10.8. The zero-order valence-electron chi connectivity index (χ0n) is 9.71. The number of benzene rings is 1. The molecular weight excluding hydrogens is 337 g/mol. The third-order valence-corrected chi connectivity index (χ3v) is 4.94. The van der Waals surface area contributed by atoms with Gasteiger partial charge in [-0.05, 0) is 52.0 Å². The maximum atomic E-state index is 13.4. The van der Waals surface area contributed by atoms with Crippen LogP contribution in [0.3, 0.4) is 0 Å². The van der Waals surface area contributed by atoms with Crippen LogP contribution in [0.5, 0.6) is 0 Å². The van der Waals surface area contributed by atoms with Crippen molar-refractivity contribution in [3.8, 4) is 0 Å². The Morgan fingerprint density at radius 2 is 2.22 bits per heavy atom. The molecule has 0 bridgehead atoms. The summed E-state index contributed by atoms with van der Waals surface area (Å²) in [6.45, 7) is 2.76.